The summed E-state index contributed by atoms with van der Waals surface area (Å²) in [5, 5.41) is 7.46. The number of aryl methyl sites for hydroxylation is 1. The highest BCUT2D eigenvalue weighted by Crippen LogP contribution is 2.16. The molecule has 1 aromatic heterocycles. The third-order valence-corrected chi connectivity index (χ3v) is 4.13. The standard InChI is InChI=1S/C13H21BrN4O/c1-2-6-18-13(19)12(14)11(10-16-18)15-5-9-17-7-3-4-8-17/h10,15H,2-9H2,1H3. The second-order valence-corrected chi connectivity index (χ2v) is 5.67. The summed E-state index contributed by atoms with van der Waals surface area (Å²) < 4.78 is 2.08. The van der Waals surface area contributed by atoms with E-state index >= 15 is 0 Å². The number of hydrogen-bond acceptors (Lipinski definition) is 4. The summed E-state index contributed by atoms with van der Waals surface area (Å²) in [5.74, 6) is 0. The van der Waals surface area contributed by atoms with E-state index in [1.807, 2.05) is 6.92 Å². The number of rotatable bonds is 6. The van der Waals surface area contributed by atoms with Crippen molar-refractivity contribution in [1.29, 1.82) is 0 Å². The van der Waals surface area contributed by atoms with Gasteiger partial charge in [0.15, 0.2) is 0 Å². The lowest BCUT2D eigenvalue weighted by Gasteiger charge is -2.16. The van der Waals surface area contributed by atoms with Crippen LogP contribution in [-0.2, 0) is 6.54 Å². The highest BCUT2D eigenvalue weighted by Gasteiger charge is 2.12. The molecular formula is C13H21BrN4O. The minimum absolute atomic E-state index is 0.0620. The molecule has 1 aliphatic rings. The van der Waals surface area contributed by atoms with Gasteiger partial charge in [0.05, 0.1) is 11.9 Å². The Bertz CT molecular complexity index is 468. The van der Waals surface area contributed by atoms with Crippen molar-refractivity contribution in [3.63, 3.8) is 0 Å². The summed E-state index contributed by atoms with van der Waals surface area (Å²) in [5.41, 5.74) is 0.726. The molecule has 0 amide bonds. The van der Waals surface area contributed by atoms with Crippen molar-refractivity contribution in [3.05, 3.63) is 21.0 Å². The van der Waals surface area contributed by atoms with Crippen LogP contribution >= 0.6 is 15.9 Å². The summed E-state index contributed by atoms with van der Waals surface area (Å²) in [4.78, 5) is 14.4. The molecule has 19 heavy (non-hydrogen) atoms. The molecule has 1 fully saturated rings. The highest BCUT2D eigenvalue weighted by atomic mass is 79.9. The van der Waals surface area contributed by atoms with Gasteiger partial charge in [0, 0.05) is 19.6 Å². The van der Waals surface area contributed by atoms with E-state index in [-0.39, 0.29) is 5.56 Å². The van der Waals surface area contributed by atoms with Gasteiger partial charge in [-0.3, -0.25) is 4.79 Å². The van der Waals surface area contributed by atoms with E-state index in [4.69, 9.17) is 0 Å². The fraction of sp³-hybridized carbons (Fsp3) is 0.692. The van der Waals surface area contributed by atoms with Gasteiger partial charge in [-0.25, -0.2) is 4.68 Å². The second kappa shape index (κ2) is 7.05. The van der Waals surface area contributed by atoms with E-state index in [0.717, 1.165) is 25.2 Å². The number of halogens is 1. The predicted molar refractivity (Wildman–Crippen MR) is 80.7 cm³/mol. The maximum atomic E-state index is 12.0. The van der Waals surface area contributed by atoms with Crippen LogP contribution in [0.25, 0.3) is 0 Å². The zero-order valence-electron chi connectivity index (χ0n) is 11.4. The Labute approximate surface area is 122 Å². The number of hydrogen-bond donors (Lipinski definition) is 1. The first-order valence-electron chi connectivity index (χ1n) is 6.94. The Balaban J connectivity index is 1.92. The van der Waals surface area contributed by atoms with Crippen molar-refractivity contribution in [2.24, 2.45) is 0 Å². The van der Waals surface area contributed by atoms with Gasteiger partial charge in [-0.2, -0.15) is 5.10 Å². The van der Waals surface area contributed by atoms with Crippen molar-refractivity contribution in [1.82, 2.24) is 14.7 Å². The highest BCUT2D eigenvalue weighted by molar-refractivity contribution is 9.10. The molecule has 2 heterocycles. The van der Waals surface area contributed by atoms with Gasteiger partial charge < -0.3 is 10.2 Å². The number of anilines is 1. The molecule has 106 valence electrons. The van der Waals surface area contributed by atoms with Crippen LogP contribution in [0.3, 0.4) is 0 Å². The van der Waals surface area contributed by atoms with Crippen LogP contribution in [0.15, 0.2) is 15.5 Å². The fourth-order valence-electron chi connectivity index (χ4n) is 2.31. The Morgan fingerprint density at radius 3 is 2.79 bits per heavy atom. The Hall–Kier alpha value is -0.880. The van der Waals surface area contributed by atoms with E-state index in [1.165, 1.54) is 30.6 Å². The van der Waals surface area contributed by atoms with Crippen molar-refractivity contribution in [2.45, 2.75) is 32.7 Å². The van der Waals surface area contributed by atoms with Crippen LogP contribution in [-0.4, -0.2) is 40.9 Å². The molecule has 1 N–H and O–H groups in total. The van der Waals surface area contributed by atoms with Crippen LogP contribution in [0, 0.1) is 0 Å². The zero-order chi connectivity index (χ0) is 13.7. The lowest BCUT2D eigenvalue weighted by molar-refractivity contribution is 0.352. The molecule has 1 saturated heterocycles. The second-order valence-electron chi connectivity index (χ2n) is 4.88. The van der Waals surface area contributed by atoms with Crippen LogP contribution in [0.2, 0.25) is 0 Å². The van der Waals surface area contributed by atoms with E-state index in [1.54, 1.807) is 6.20 Å². The van der Waals surface area contributed by atoms with E-state index in [2.05, 4.69) is 31.2 Å². The molecule has 1 aliphatic heterocycles. The summed E-state index contributed by atoms with van der Waals surface area (Å²) in [7, 11) is 0. The fourth-order valence-corrected chi connectivity index (χ4v) is 2.76. The molecule has 0 radical (unpaired) electrons. The zero-order valence-corrected chi connectivity index (χ0v) is 12.9. The molecule has 0 bridgehead atoms. The molecule has 0 saturated carbocycles. The number of nitrogens with zero attached hydrogens (tertiary/aromatic N) is 3. The van der Waals surface area contributed by atoms with Gasteiger partial charge in [0.1, 0.15) is 4.47 Å². The topological polar surface area (TPSA) is 50.2 Å². The Kier molecular flexibility index (Phi) is 5.39. The molecule has 0 unspecified atom stereocenters. The Morgan fingerprint density at radius 1 is 1.37 bits per heavy atom. The smallest absolute Gasteiger partial charge is 0.283 e. The third-order valence-electron chi connectivity index (χ3n) is 3.36. The predicted octanol–water partition coefficient (Wildman–Crippen LogP) is 1.92. The van der Waals surface area contributed by atoms with Crippen molar-refractivity contribution >= 4 is 21.6 Å². The molecule has 0 atom stereocenters. The first kappa shape index (κ1) is 14.5. The summed E-state index contributed by atoms with van der Waals surface area (Å²) in [6.07, 6.45) is 5.24. The minimum atomic E-state index is -0.0620. The van der Waals surface area contributed by atoms with Crippen molar-refractivity contribution in [3.8, 4) is 0 Å². The number of nitrogens with one attached hydrogen (secondary N) is 1. The molecule has 1 aromatic rings. The molecule has 0 aromatic carbocycles. The summed E-state index contributed by atoms with van der Waals surface area (Å²) >= 11 is 3.37. The third kappa shape index (κ3) is 3.79. The van der Waals surface area contributed by atoms with Crippen LogP contribution in [0.5, 0.6) is 0 Å². The van der Waals surface area contributed by atoms with Crippen molar-refractivity contribution < 1.29 is 0 Å². The maximum Gasteiger partial charge on any atom is 0.283 e. The molecule has 0 spiro atoms. The van der Waals surface area contributed by atoms with Gasteiger partial charge >= 0.3 is 0 Å². The minimum Gasteiger partial charge on any atom is -0.381 e. The van der Waals surface area contributed by atoms with E-state index in [9.17, 15) is 4.79 Å². The number of likely N-dealkylation sites (tertiary alicyclic amines) is 1. The first-order valence-corrected chi connectivity index (χ1v) is 7.73. The average molecular weight is 329 g/mol. The maximum absolute atomic E-state index is 12.0. The monoisotopic (exact) mass is 328 g/mol. The van der Waals surface area contributed by atoms with Gasteiger partial charge in [-0.05, 0) is 48.3 Å². The molecule has 6 heteroatoms. The molecular weight excluding hydrogens is 308 g/mol. The summed E-state index contributed by atoms with van der Waals surface area (Å²) in [6, 6.07) is 0. The Morgan fingerprint density at radius 2 is 2.11 bits per heavy atom. The quantitative estimate of drug-likeness (QED) is 0.866. The van der Waals surface area contributed by atoms with Gasteiger partial charge in [-0.15, -0.1) is 0 Å². The first-order chi connectivity index (χ1) is 9.22. The van der Waals surface area contributed by atoms with Crippen molar-refractivity contribution in [2.75, 3.05) is 31.5 Å². The largest absolute Gasteiger partial charge is 0.381 e. The van der Waals surface area contributed by atoms with Gasteiger partial charge in [0.25, 0.3) is 5.56 Å². The molecule has 5 nitrogen and oxygen atoms in total. The van der Waals surface area contributed by atoms with Gasteiger partial charge in [0.2, 0.25) is 0 Å². The van der Waals surface area contributed by atoms with E-state index < -0.39 is 0 Å². The normalized spacial score (nSPS) is 15.9. The molecule has 2 rings (SSSR count). The lowest BCUT2D eigenvalue weighted by Crippen LogP contribution is -2.28. The van der Waals surface area contributed by atoms with E-state index in [0.29, 0.717) is 11.0 Å². The van der Waals surface area contributed by atoms with Crippen LogP contribution in [0.4, 0.5) is 5.69 Å². The van der Waals surface area contributed by atoms with Crippen LogP contribution in [0.1, 0.15) is 26.2 Å². The van der Waals surface area contributed by atoms with Crippen LogP contribution < -0.4 is 10.9 Å². The SMILES string of the molecule is CCCn1ncc(NCCN2CCCC2)c(Br)c1=O. The average Bonchev–Trinajstić information content (AvgIpc) is 2.91. The summed E-state index contributed by atoms with van der Waals surface area (Å²) in [6.45, 7) is 6.94. The lowest BCUT2D eigenvalue weighted by atomic mass is 10.4. The molecule has 0 aliphatic carbocycles. The van der Waals surface area contributed by atoms with Gasteiger partial charge in [-0.1, -0.05) is 6.92 Å². The number of aromatic nitrogens is 2.